The smallest absolute Gasteiger partial charge is 0.328 e. The number of rotatable bonds is 8. The second-order valence-electron chi connectivity index (χ2n) is 6.15. The van der Waals surface area contributed by atoms with Crippen molar-refractivity contribution in [2.75, 3.05) is 12.9 Å². The molecule has 24 heavy (non-hydrogen) atoms. The number of ether oxygens (including phenoxy) is 1. The van der Waals surface area contributed by atoms with Crippen LogP contribution in [0.3, 0.4) is 0 Å². The lowest BCUT2D eigenvalue weighted by atomic mass is 10.0. The molecule has 0 heterocycles. The third-order valence-corrected chi connectivity index (χ3v) is 5.77. The molecule has 0 aromatic heterocycles. The summed E-state index contributed by atoms with van der Waals surface area (Å²) in [6, 6.07) is 8.37. The highest BCUT2D eigenvalue weighted by Gasteiger charge is 2.25. The van der Waals surface area contributed by atoms with Gasteiger partial charge in [-0.2, -0.15) is 0 Å². The molecule has 0 bridgehead atoms. The number of nitrogens with one attached hydrogen (secondary N) is 1. The van der Waals surface area contributed by atoms with Gasteiger partial charge in [-0.05, 0) is 37.3 Å². The highest BCUT2D eigenvalue weighted by Crippen LogP contribution is 2.27. The number of benzene rings is 1. The number of hydrogen-bond acceptors (Lipinski definition) is 4. The molecule has 0 saturated heterocycles. The van der Waals surface area contributed by atoms with Crippen LogP contribution >= 0.6 is 0 Å². The Kier molecular flexibility index (Phi) is 7.43. The number of methoxy groups -OCH3 is 1. The Labute approximate surface area is 145 Å². The van der Waals surface area contributed by atoms with Crippen LogP contribution in [-0.2, 0) is 25.1 Å². The van der Waals surface area contributed by atoms with Crippen LogP contribution in [0.2, 0.25) is 0 Å². The Morgan fingerprint density at radius 2 is 1.92 bits per heavy atom. The second-order valence-corrected chi connectivity index (χ2v) is 7.72. The summed E-state index contributed by atoms with van der Waals surface area (Å²) >= 11 is 0. The molecule has 0 radical (unpaired) electrons. The van der Waals surface area contributed by atoms with Crippen LogP contribution in [0.5, 0.6) is 0 Å². The quantitative estimate of drug-likeness (QED) is 0.730. The molecule has 2 rings (SSSR count). The molecule has 1 aromatic carbocycles. The topological polar surface area (TPSA) is 72.5 Å². The second kappa shape index (κ2) is 9.57. The summed E-state index contributed by atoms with van der Waals surface area (Å²) in [4.78, 5) is 24.8. The largest absolute Gasteiger partial charge is 0.467 e. The average Bonchev–Trinajstić information content (AvgIpc) is 3.11. The predicted octanol–water partition coefficient (Wildman–Crippen LogP) is 2.42. The Morgan fingerprint density at radius 3 is 2.54 bits per heavy atom. The van der Waals surface area contributed by atoms with Gasteiger partial charge in [0.15, 0.2) is 0 Å². The normalized spacial score (nSPS) is 17.2. The minimum atomic E-state index is -1.20. The third kappa shape index (κ3) is 5.74. The van der Waals surface area contributed by atoms with Crippen LogP contribution in [0.15, 0.2) is 35.2 Å². The minimum absolute atomic E-state index is 0.122. The van der Waals surface area contributed by atoms with E-state index in [-0.39, 0.29) is 5.91 Å². The van der Waals surface area contributed by atoms with Crippen molar-refractivity contribution in [2.24, 2.45) is 5.92 Å². The molecule has 1 aromatic rings. The SMILES string of the molecule is COC(=O)[C@@H](CC[S@](=O)c1ccccc1)NC(=O)CC1CCCC1. The number of carbonyl (C=O) groups is 2. The molecule has 5 nitrogen and oxygen atoms in total. The average molecular weight is 351 g/mol. The van der Waals surface area contributed by atoms with Gasteiger partial charge in [0.25, 0.3) is 0 Å². The van der Waals surface area contributed by atoms with E-state index < -0.39 is 22.8 Å². The summed E-state index contributed by atoms with van der Waals surface area (Å²) in [6.45, 7) is 0. The van der Waals surface area contributed by atoms with Crippen molar-refractivity contribution >= 4 is 22.7 Å². The van der Waals surface area contributed by atoms with Crippen molar-refractivity contribution < 1.29 is 18.5 Å². The van der Waals surface area contributed by atoms with Crippen LogP contribution in [0.1, 0.15) is 38.5 Å². The molecule has 1 aliphatic carbocycles. The first-order valence-corrected chi connectivity index (χ1v) is 9.72. The molecule has 1 saturated carbocycles. The first-order valence-electron chi connectivity index (χ1n) is 8.40. The molecule has 0 aliphatic heterocycles. The van der Waals surface area contributed by atoms with Gasteiger partial charge in [-0.1, -0.05) is 31.0 Å². The fraction of sp³-hybridized carbons (Fsp3) is 0.556. The monoisotopic (exact) mass is 351 g/mol. The first kappa shape index (κ1) is 18.6. The van der Waals surface area contributed by atoms with Crippen LogP contribution in [0.4, 0.5) is 0 Å². The van der Waals surface area contributed by atoms with Crippen LogP contribution in [0, 0.1) is 5.92 Å². The summed E-state index contributed by atoms with van der Waals surface area (Å²) in [6.07, 6.45) is 5.26. The molecule has 2 atom stereocenters. The van der Waals surface area contributed by atoms with E-state index >= 15 is 0 Å². The van der Waals surface area contributed by atoms with Gasteiger partial charge in [-0.3, -0.25) is 9.00 Å². The van der Waals surface area contributed by atoms with Gasteiger partial charge >= 0.3 is 5.97 Å². The number of carbonyl (C=O) groups excluding carboxylic acids is 2. The minimum Gasteiger partial charge on any atom is -0.467 e. The zero-order chi connectivity index (χ0) is 17.4. The molecule has 1 aliphatic rings. The third-order valence-electron chi connectivity index (χ3n) is 4.37. The van der Waals surface area contributed by atoms with E-state index in [1.165, 1.54) is 20.0 Å². The fourth-order valence-electron chi connectivity index (χ4n) is 3.04. The van der Waals surface area contributed by atoms with Crippen molar-refractivity contribution in [3.63, 3.8) is 0 Å². The lowest BCUT2D eigenvalue weighted by Crippen LogP contribution is -2.42. The van der Waals surface area contributed by atoms with Gasteiger partial charge in [-0.25, -0.2) is 4.79 Å². The number of amides is 1. The molecule has 1 amide bonds. The Bertz CT molecular complexity index is 570. The molecule has 1 fully saturated rings. The van der Waals surface area contributed by atoms with Crippen molar-refractivity contribution in [3.05, 3.63) is 30.3 Å². The zero-order valence-electron chi connectivity index (χ0n) is 14.0. The lowest BCUT2D eigenvalue weighted by Gasteiger charge is -2.17. The van der Waals surface area contributed by atoms with Gasteiger partial charge in [0.05, 0.1) is 17.9 Å². The summed E-state index contributed by atoms with van der Waals surface area (Å²) in [7, 11) is 0.0979. The lowest BCUT2D eigenvalue weighted by molar-refractivity contribution is -0.145. The van der Waals surface area contributed by atoms with Crippen LogP contribution in [-0.4, -0.2) is 35.0 Å². The van der Waals surface area contributed by atoms with Crippen LogP contribution < -0.4 is 5.32 Å². The fourth-order valence-corrected chi connectivity index (χ4v) is 4.18. The van der Waals surface area contributed by atoms with E-state index in [1.54, 1.807) is 12.1 Å². The maximum absolute atomic E-state index is 12.3. The molecule has 0 spiro atoms. The Hall–Kier alpha value is -1.69. The van der Waals surface area contributed by atoms with Crippen molar-refractivity contribution in [1.29, 1.82) is 0 Å². The summed E-state index contributed by atoms with van der Waals surface area (Å²) in [5.41, 5.74) is 0. The standard InChI is InChI=1S/C18H25NO4S/c1-23-18(21)16(19-17(20)13-14-7-5-6-8-14)11-12-24(22)15-9-3-2-4-10-15/h2-4,9-10,14,16H,5-8,11-13H2,1H3,(H,19,20)/t16-,24+/m1/s1. The Morgan fingerprint density at radius 1 is 1.25 bits per heavy atom. The highest BCUT2D eigenvalue weighted by molar-refractivity contribution is 7.85. The number of hydrogen-bond donors (Lipinski definition) is 1. The maximum Gasteiger partial charge on any atom is 0.328 e. The summed E-state index contributed by atoms with van der Waals surface area (Å²) in [5.74, 6) is 0.109. The Balaban J connectivity index is 1.86. The van der Waals surface area contributed by atoms with Gasteiger partial charge in [-0.15, -0.1) is 0 Å². The van der Waals surface area contributed by atoms with E-state index in [2.05, 4.69) is 5.32 Å². The molecule has 6 heteroatoms. The van der Waals surface area contributed by atoms with E-state index in [0.717, 1.165) is 17.7 Å². The van der Waals surface area contributed by atoms with E-state index in [0.29, 0.717) is 24.5 Å². The molecule has 0 unspecified atom stereocenters. The van der Waals surface area contributed by atoms with Gasteiger partial charge in [0.2, 0.25) is 5.91 Å². The predicted molar refractivity (Wildman–Crippen MR) is 92.9 cm³/mol. The van der Waals surface area contributed by atoms with Crippen LogP contribution in [0.25, 0.3) is 0 Å². The zero-order valence-corrected chi connectivity index (χ0v) is 14.8. The summed E-state index contributed by atoms with van der Waals surface area (Å²) < 4.78 is 17.0. The highest BCUT2D eigenvalue weighted by atomic mass is 32.2. The molecular weight excluding hydrogens is 326 g/mol. The molecular formula is C18H25NO4S. The first-order chi connectivity index (χ1) is 11.6. The molecule has 132 valence electrons. The van der Waals surface area contributed by atoms with Gasteiger partial charge in [0.1, 0.15) is 6.04 Å². The van der Waals surface area contributed by atoms with E-state index in [4.69, 9.17) is 4.74 Å². The molecule has 1 N–H and O–H groups in total. The van der Waals surface area contributed by atoms with Gasteiger partial charge in [0, 0.05) is 17.1 Å². The van der Waals surface area contributed by atoms with E-state index in [9.17, 15) is 13.8 Å². The summed E-state index contributed by atoms with van der Waals surface area (Å²) in [5, 5.41) is 2.75. The van der Waals surface area contributed by atoms with Crippen molar-refractivity contribution in [2.45, 2.75) is 49.5 Å². The maximum atomic E-state index is 12.3. The van der Waals surface area contributed by atoms with Crippen molar-refractivity contribution in [3.8, 4) is 0 Å². The van der Waals surface area contributed by atoms with Gasteiger partial charge < -0.3 is 10.1 Å². The van der Waals surface area contributed by atoms with E-state index in [1.807, 2.05) is 18.2 Å². The number of esters is 1. The van der Waals surface area contributed by atoms with Crippen molar-refractivity contribution in [1.82, 2.24) is 5.32 Å².